The molecule has 0 saturated heterocycles. The van der Waals surface area contributed by atoms with Gasteiger partial charge in [-0.3, -0.25) is 9.59 Å². The quantitative estimate of drug-likeness (QED) is 0.559. The van der Waals surface area contributed by atoms with Crippen molar-refractivity contribution in [1.82, 2.24) is 5.16 Å². The number of hydrogen-bond acceptors (Lipinski definition) is 6. The van der Waals surface area contributed by atoms with Crippen LogP contribution >= 0.6 is 0 Å². The zero-order valence-electron chi connectivity index (χ0n) is 17.8. The number of benzene rings is 2. The number of amides is 1. The number of aromatic nitrogens is 1. The minimum atomic E-state index is -0.571. The molecule has 3 aromatic rings. The lowest BCUT2D eigenvalue weighted by atomic mass is 10.1. The molecule has 1 amide bonds. The van der Waals surface area contributed by atoms with E-state index in [9.17, 15) is 9.59 Å². The highest BCUT2D eigenvalue weighted by molar-refractivity contribution is 5.94. The number of ether oxygens (including phenoxy) is 2. The number of rotatable bonds is 6. The van der Waals surface area contributed by atoms with Crippen molar-refractivity contribution in [3.05, 3.63) is 48.2 Å². The maximum Gasteiger partial charge on any atom is 0.307 e. The Morgan fingerprint density at radius 1 is 1.13 bits per heavy atom. The van der Waals surface area contributed by atoms with Crippen LogP contribution in [0.3, 0.4) is 0 Å². The molecule has 1 N–H and O–H groups in total. The second kappa shape index (κ2) is 8.57. The van der Waals surface area contributed by atoms with Gasteiger partial charge in [0, 0.05) is 11.6 Å². The van der Waals surface area contributed by atoms with Gasteiger partial charge in [0.1, 0.15) is 17.1 Å². The van der Waals surface area contributed by atoms with Gasteiger partial charge in [-0.25, -0.2) is 0 Å². The molecule has 7 heteroatoms. The van der Waals surface area contributed by atoms with Crippen LogP contribution < -0.4 is 10.1 Å². The van der Waals surface area contributed by atoms with Crippen LogP contribution in [-0.4, -0.2) is 22.6 Å². The Hall–Kier alpha value is -3.35. The number of carbonyl (C=O) groups is 2. The molecule has 0 fully saturated rings. The van der Waals surface area contributed by atoms with Gasteiger partial charge >= 0.3 is 5.97 Å². The van der Waals surface area contributed by atoms with E-state index in [0.29, 0.717) is 22.8 Å². The molecule has 1 heterocycles. The van der Waals surface area contributed by atoms with Gasteiger partial charge in [0.15, 0.2) is 5.58 Å². The van der Waals surface area contributed by atoms with Crippen molar-refractivity contribution in [3.8, 4) is 11.5 Å². The van der Waals surface area contributed by atoms with Gasteiger partial charge in [-0.15, -0.1) is 0 Å². The third-order valence-electron chi connectivity index (χ3n) is 4.32. The van der Waals surface area contributed by atoms with Crippen molar-refractivity contribution in [3.63, 3.8) is 0 Å². The van der Waals surface area contributed by atoms with Crippen LogP contribution in [0.15, 0.2) is 47.0 Å². The van der Waals surface area contributed by atoms with Crippen LogP contribution in [0.5, 0.6) is 11.5 Å². The number of carbonyl (C=O) groups excluding carboxylic acids is 2. The normalized spacial score (nSPS) is 12.4. The Labute approximate surface area is 175 Å². The summed E-state index contributed by atoms with van der Waals surface area (Å²) in [5, 5.41) is 7.60. The summed E-state index contributed by atoms with van der Waals surface area (Å²) < 4.78 is 16.5. The molecule has 158 valence electrons. The molecule has 0 bridgehead atoms. The van der Waals surface area contributed by atoms with Crippen LogP contribution in [0, 0.1) is 12.8 Å². The van der Waals surface area contributed by atoms with Crippen LogP contribution in [0.25, 0.3) is 11.0 Å². The summed E-state index contributed by atoms with van der Waals surface area (Å²) in [6, 6.07) is 12.5. The Morgan fingerprint density at radius 3 is 2.50 bits per heavy atom. The highest BCUT2D eigenvalue weighted by Gasteiger charge is 2.22. The number of hydrogen-bond donors (Lipinski definition) is 1. The summed E-state index contributed by atoms with van der Waals surface area (Å²) >= 11 is 0. The number of nitrogens with zero attached hydrogens (tertiary/aromatic N) is 1. The SMILES string of the molecule is Cc1noc2cccc(Oc3ccc(NC(=O)[C@@H](C)CC(=O)OC(C)(C)C)cc3)c12. The van der Waals surface area contributed by atoms with E-state index in [1.54, 1.807) is 52.0 Å². The maximum atomic E-state index is 12.4. The van der Waals surface area contributed by atoms with Gasteiger partial charge in [-0.05, 0) is 64.1 Å². The first-order valence-corrected chi connectivity index (χ1v) is 9.78. The molecular formula is C23H26N2O5. The number of esters is 1. The van der Waals surface area contributed by atoms with E-state index in [-0.39, 0.29) is 12.3 Å². The first kappa shape index (κ1) is 21.4. The van der Waals surface area contributed by atoms with Crippen LogP contribution in [0.2, 0.25) is 0 Å². The number of anilines is 1. The molecule has 1 atom stereocenters. The molecule has 0 unspecified atom stereocenters. The van der Waals surface area contributed by atoms with Gasteiger partial charge in [0.05, 0.1) is 17.5 Å². The fourth-order valence-electron chi connectivity index (χ4n) is 2.92. The minimum Gasteiger partial charge on any atom is -0.460 e. The largest absolute Gasteiger partial charge is 0.460 e. The molecule has 3 rings (SSSR count). The second-order valence-electron chi connectivity index (χ2n) is 8.20. The van der Waals surface area contributed by atoms with Crippen molar-refractivity contribution in [1.29, 1.82) is 0 Å². The molecule has 0 radical (unpaired) electrons. The Kier molecular flexibility index (Phi) is 6.10. The molecule has 7 nitrogen and oxygen atoms in total. The van der Waals surface area contributed by atoms with Gasteiger partial charge < -0.3 is 19.3 Å². The van der Waals surface area contributed by atoms with Crippen LogP contribution in [0.1, 0.15) is 39.8 Å². The van der Waals surface area contributed by atoms with E-state index in [2.05, 4.69) is 10.5 Å². The van der Waals surface area contributed by atoms with E-state index in [0.717, 1.165) is 11.1 Å². The van der Waals surface area contributed by atoms with E-state index >= 15 is 0 Å². The van der Waals surface area contributed by atoms with Crippen molar-refractivity contribution < 1.29 is 23.6 Å². The molecule has 2 aromatic carbocycles. The van der Waals surface area contributed by atoms with Crippen molar-refractivity contribution >= 4 is 28.5 Å². The fraction of sp³-hybridized carbons (Fsp3) is 0.348. The zero-order valence-corrected chi connectivity index (χ0v) is 17.8. The number of aryl methyl sites for hydroxylation is 1. The third kappa shape index (κ3) is 5.37. The smallest absolute Gasteiger partial charge is 0.307 e. The molecular weight excluding hydrogens is 384 g/mol. The lowest BCUT2D eigenvalue weighted by Gasteiger charge is -2.20. The molecule has 0 aliphatic carbocycles. The maximum absolute atomic E-state index is 12.4. The number of fused-ring (bicyclic) bond motifs is 1. The lowest BCUT2D eigenvalue weighted by molar-refractivity contribution is -0.156. The summed E-state index contributed by atoms with van der Waals surface area (Å²) in [6.45, 7) is 8.94. The molecule has 1 aromatic heterocycles. The third-order valence-corrected chi connectivity index (χ3v) is 4.32. The molecule has 0 aliphatic rings. The topological polar surface area (TPSA) is 90.7 Å². The molecule has 0 aliphatic heterocycles. The Morgan fingerprint density at radius 2 is 1.83 bits per heavy atom. The zero-order chi connectivity index (χ0) is 21.9. The van der Waals surface area contributed by atoms with Crippen molar-refractivity contribution in [2.24, 2.45) is 5.92 Å². The first-order valence-electron chi connectivity index (χ1n) is 9.78. The summed E-state index contributed by atoms with van der Waals surface area (Å²) in [7, 11) is 0. The average Bonchev–Trinajstić information content (AvgIpc) is 3.04. The van der Waals surface area contributed by atoms with Crippen LogP contribution in [0.4, 0.5) is 5.69 Å². The highest BCUT2D eigenvalue weighted by Crippen LogP contribution is 2.32. The van der Waals surface area contributed by atoms with Gasteiger partial charge in [0.25, 0.3) is 0 Å². The van der Waals surface area contributed by atoms with Gasteiger partial charge in [-0.2, -0.15) is 0 Å². The van der Waals surface area contributed by atoms with E-state index in [1.165, 1.54) is 0 Å². The summed E-state index contributed by atoms with van der Waals surface area (Å²) in [5.74, 6) is 0.105. The summed E-state index contributed by atoms with van der Waals surface area (Å²) in [5.41, 5.74) is 1.46. The minimum absolute atomic E-state index is 0.0202. The highest BCUT2D eigenvalue weighted by atomic mass is 16.6. The van der Waals surface area contributed by atoms with E-state index < -0.39 is 17.5 Å². The molecule has 30 heavy (non-hydrogen) atoms. The summed E-state index contributed by atoms with van der Waals surface area (Å²) in [6.07, 6.45) is 0.0202. The predicted octanol–water partition coefficient (Wildman–Crippen LogP) is 5.23. The van der Waals surface area contributed by atoms with Crippen LogP contribution in [-0.2, 0) is 14.3 Å². The second-order valence-corrected chi connectivity index (χ2v) is 8.20. The molecule has 0 spiro atoms. The Bertz CT molecular complexity index is 1050. The van der Waals surface area contributed by atoms with E-state index in [1.807, 2.05) is 25.1 Å². The van der Waals surface area contributed by atoms with E-state index in [4.69, 9.17) is 14.0 Å². The van der Waals surface area contributed by atoms with Crippen molar-refractivity contribution in [2.75, 3.05) is 5.32 Å². The monoisotopic (exact) mass is 410 g/mol. The fourth-order valence-corrected chi connectivity index (χ4v) is 2.92. The van der Waals surface area contributed by atoms with Crippen molar-refractivity contribution in [2.45, 2.75) is 46.6 Å². The standard InChI is InChI=1S/C23H26N2O5/c1-14(13-20(26)29-23(3,4)5)22(27)24-16-9-11-17(12-10-16)28-18-7-6-8-19-21(18)15(2)25-30-19/h6-12,14H,13H2,1-5H3,(H,24,27)/t14-/m0/s1. The molecule has 0 saturated carbocycles. The average molecular weight is 410 g/mol. The summed E-state index contributed by atoms with van der Waals surface area (Å²) in [4.78, 5) is 24.3. The Balaban J connectivity index is 1.61. The lowest BCUT2D eigenvalue weighted by Crippen LogP contribution is -2.28. The van der Waals surface area contributed by atoms with Gasteiger partial charge in [0.2, 0.25) is 5.91 Å². The number of nitrogens with one attached hydrogen (secondary N) is 1. The first-order chi connectivity index (χ1) is 14.1. The predicted molar refractivity (Wildman–Crippen MR) is 114 cm³/mol. The van der Waals surface area contributed by atoms with Gasteiger partial charge in [-0.1, -0.05) is 18.1 Å².